The van der Waals surface area contributed by atoms with E-state index in [0.717, 1.165) is 17.9 Å². The zero-order valence-corrected chi connectivity index (χ0v) is 12.6. The number of pyridine rings is 1. The van der Waals surface area contributed by atoms with Crippen LogP contribution in [0.25, 0.3) is 11.1 Å². The molecular weight excluding hydrogens is 270 g/mol. The third-order valence-corrected chi connectivity index (χ3v) is 3.61. The average molecular weight is 289 g/mol. The van der Waals surface area contributed by atoms with Crippen LogP contribution in [0.4, 0.5) is 11.4 Å². The minimum atomic E-state index is 0.803. The fraction of sp³-hybridized carbons (Fsp3) is 0.105. The van der Waals surface area contributed by atoms with E-state index in [9.17, 15) is 0 Å². The summed E-state index contributed by atoms with van der Waals surface area (Å²) in [5.41, 5.74) is 5.90. The first-order chi connectivity index (χ1) is 10.8. The van der Waals surface area contributed by atoms with Gasteiger partial charge in [-0.15, -0.1) is 0 Å². The van der Waals surface area contributed by atoms with Gasteiger partial charge in [0.1, 0.15) is 0 Å². The van der Waals surface area contributed by atoms with Crippen molar-refractivity contribution in [2.75, 3.05) is 17.7 Å². The van der Waals surface area contributed by atoms with Crippen LogP contribution in [-0.2, 0) is 6.54 Å². The molecule has 0 unspecified atom stereocenters. The van der Waals surface area contributed by atoms with Gasteiger partial charge in [-0.3, -0.25) is 4.98 Å². The van der Waals surface area contributed by atoms with E-state index in [4.69, 9.17) is 0 Å². The van der Waals surface area contributed by atoms with Gasteiger partial charge in [0.15, 0.2) is 0 Å². The lowest BCUT2D eigenvalue weighted by atomic mass is 10.0. The maximum Gasteiger partial charge on any atom is 0.0401 e. The Kier molecular flexibility index (Phi) is 4.35. The van der Waals surface area contributed by atoms with E-state index in [2.05, 4.69) is 64.1 Å². The number of aromatic nitrogens is 1. The van der Waals surface area contributed by atoms with Crippen molar-refractivity contribution in [2.45, 2.75) is 6.54 Å². The lowest BCUT2D eigenvalue weighted by Gasteiger charge is -2.09. The molecule has 0 aliphatic heterocycles. The average Bonchev–Trinajstić information content (AvgIpc) is 2.61. The Morgan fingerprint density at radius 1 is 0.818 bits per heavy atom. The van der Waals surface area contributed by atoms with E-state index in [1.807, 2.05) is 31.6 Å². The molecule has 0 spiro atoms. The number of benzene rings is 2. The SMILES string of the molecule is CNc1ccc(NCc2cccc(-c3ccncc3)c2)cc1. The second kappa shape index (κ2) is 6.76. The Labute approximate surface area is 131 Å². The summed E-state index contributed by atoms with van der Waals surface area (Å²) in [6.45, 7) is 0.803. The van der Waals surface area contributed by atoms with Gasteiger partial charge in [0.25, 0.3) is 0 Å². The first kappa shape index (κ1) is 14.1. The Morgan fingerprint density at radius 2 is 1.55 bits per heavy atom. The van der Waals surface area contributed by atoms with E-state index in [-0.39, 0.29) is 0 Å². The molecule has 0 atom stereocenters. The molecule has 3 rings (SSSR count). The van der Waals surface area contributed by atoms with Crippen molar-refractivity contribution in [1.29, 1.82) is 0 Å². The molecule has 1 aromatic heterocycles. The third-order valence-electron chi connectivity index (χ3n) is 3.61. The third kappa shape index (κ3) is 3.44. The first-order valence-electron chi connectivity index (χ1n) is 7.36. The van der Waals surface area contributed by atoms with Crippen molar-refractivity contribution in [2.24, 2.45) is 0 Å². The fourth-order valence-corrected chi connectivity index (χ4v) is 2.36. The Morgan fingerprint density at radius 3 is 2.27 bits per heavy atom. The molecule has 3 nitrogen and oxygen atoms in total. The molecule has 0 aliphatic rings. The van der Waals surface area contributed by atoms with Crippen LogP contribution < -0.4 is 10.6 Å². The number of rotatable bonds is 5. The topological polar surface area (TPSA) is 37.0 Å². The van der Waals surface area contributed by atoms with Crippen LogP contribution in [0.1, 0.15) is 5.56 Å². The van der Waals surface area contributed by atoms with Crippen LogP contribution in [0.15, 0.2) is 73.1 Å². The molecule has 0 bridgehead atoms. The highest BCUT2D eigenvalue weighted by Crippen LogP contribution is 2.20. The standard InChI is InChI=1S/C19H19N3/c1-20-18-5-7-19(8-6-18)22-14-15-3-2-4-17(13-15)16-9-11-21-12-10-16/h2-13,20,22H,14H2,1H3. The molecule has 0 saturated heterocycles. The Hall–Kier alpha value is -2.81. The predicted octanol–water partition coefficient (Wildman–Crippen LogP) is 4.40. The van der Waals surface area contributed by atoms with Crippen LogP contribution in [0, 0.1) is 0 Å². The van der Waals surface area contributed by atoms with Crippen molar-refractivity contribution in [3.8, 4) is 11.1 Å². The van der Waals surface area contributed by atoms with Gasteiger partial charge >= 0.3 is 0 Å². The quantitative estimate of drug-likeness (QED) is 0.731. The van der Waals surface area contributed by atoms with Gasteiger partial charge in [-0.1, -0.05) is 18.2 Å². The van der Waals surface area contributed by atoms with E-state index in [1.165, 1.54) is 16.7 Å². The van der Waals surface area contributed by atoms with E-state index < -0.39 is 0 Å². The van der Waals surface area contributed by atoms with Gasteiger partial charge in [-0.2, -0.15) is 0 Å². The van der Waals surface area contributed by atoms with Crippen LogP contribution in [0.5, 0.6) is 0 Å². The summed E-state index contributed by atoms with van der Waals surface area (Å²) in [6, 6.07) is 20.9. The summed E-state index contributed by atoms with van der Waals surface area (Å²) < 4.78 is 0. The molecule has 3 aromatic rings. The summed E-state index contributed by atoms with van der Waals surface area (Å²) in [7, 11) is 1.92. The summed E-state index contributed by atoms with van der Waals surface area (Å²) in [4.78, 5) is 4.07. The van der Waals surface area contributed by atoms with Gasteiger partial charge in [0, 0.05) is 37.4 Å². The maximum atomic E-state index is 4.07. The van der Waals surface area contributed by atoms with Gasteiger partial charge in [-0.05, 0) is 59.2 Å². The molecule has 0 amide bonds. The van der Waals surface area contributed by atoms with Crippen LogP contribution in [-0.4, -0.2) is 12.0 Å². The highest BCUT2D eigenvalue weighted by atomic mass is 14.9. The Bertz CT molecular complexity index is 721. The largest absolute Gasteiger partial charge is 0.388 e. The zero-order chi connectivity index (χ0) is 15.2. The van der Waals surface area contributed by atoms with Crippen molar-refractivity contribution >= 4 is 11.4 Å². The van der Waals surface area contributed by atoms with E-state index >= 15 is 0 Å². The molecule has 2 aromatic carbocycles. The summed E-state index contributed by atoms with van der Waals surface area (Å²) in [5.74, 6) is 0. The van der Waals surface area contributed by atoms with Gasteiger partial charge in [0.2, 0.25) is 0 Å². The van der Waals surface area contributed by atoms with Crippen LogP contribution in [0.3, 0.4) is 0 Å². The minimum absolute atomic E-state index is 0.803. The second-order valence-corrected chi connectivity index (χ2v) is 5.12. The summed E-state index contributed by atoms with van der Waals surface area (Å²) in [5, 5.41) is 6.57. The normalized spacial score (nSPS) is 10.2. The summed E-state index contributed by atoms with van der Waals surface area (Å²) >= 11 is 0. The fourth-order valence-electron chi connectivity index (χ4n) is 2.36. The highest BCUT2D eigenvalue weighted by Gasteiger charge is 1.99. The summed E-state index contributed by atoms with van der Waals surface area (Å²) in [6.07, 6.45) is 3.65. The molecule has 22 heavy (non-hydrogen) atoms. The van der Waals surface area contributed by atoms with Crippen molar-refractivity contribution in [3.63, 3.8) is 0 Å². The van der Waals surface area contributed by atoms with Gasteiger partial charge in [-0.25, -0.2) is 0 Å². The number of anilines is 2. The molecule has 110 valence electrons. The molecule has 0 fully saturated rings. The van der Waals surface area contributed by atoms with E-state index in [1.54, 1.807) is 0 Å². The Balaban J connectivity index is 1.70. The second-order valence-electron chi connectivity index (χ2n) is 5.12. The van der Waals surface area contributed by atoms with Crippen LogP contribution >= 0.6 is 0 Å². The van der Waals surface area contributed by atoms with Crippen LogP contribution in [0.2, 0.25) is 0 Å². The highest BCUT2D eigenvalue weighted by molar-refractivity contribution is 5.63. The number of nitrogens with one attached hydrogen (secondary N) is 2. The van der Waals surface area contributed by atoms with Gasteiger partial charge < -0.3 is 10.6 Å². The van der Waals surface area contributed by atoms with E-state index in [0.29, 0.717) is 0 Å². The van der Waals surface area contributed by atoms with Crippen molar-refractivity contribution in [3.05, 3.63) is 78.6 Å². The van der Waals surface area contributed by atoms with Gasteiger partial charge in [0.05, 0.1) is 0 Å². The lowest BCUT2D eigenvalue weighted by Crippen LogP contribution is -1.99. The number of hydrogen-bond acceptors (Lipinski definition) is 3. The molecule has 0 aliphatic carbocycles. The van der Waals surface area contributed by atoms with Crippen molar-refractivity contribution < 1.29 is 0 Å². The zero-order valence-electron chi connectivity index (χ0n) is 12.6. The van der Waals surface area contributed by atoms with Crippen molar-refractivity contribution in [1.82, 2.24) is 4.98 Å². The molecular formula is C19H19N3. The first-order valence-corrected chi connectivity index (χ1v) is 7.36. The molecule has 0 radical (unpaired) electrons. The maximum absolute atomic E-state index is 4.07. The number of nitrogens with zero attached hydrogens (tertiary/aromatic N) is 1. The smallest absolute Gasteiger partial charge is 0.0401 e. The monoisotopic (exact) mass is 289 g/mol. The lowest BCUT2D eigenvalue weighted by molar-refractivity contribution is 1.15. The molecule has 1 heterocycles. The minimum Gasteiger partial charge on any atom is -0.388 e. The molecule has 2 N–H and O–H groups in total. The number of hydrogen-bond donors (Lipinski definition) is 2. The molecule has 0 saturated carbocycles. The predicted molar refractivity (Wildman–Crippen MR) is 93.0 cm³/mol. The molecule has 3 heteroatoms.